The van der Waals surface area contributed by atoms with Crippen LogP contribution in [0, 0.1) is 16.7 Å². The summed E-state index contributed by atoms with van der Waals surface area (Å²) in [7, 11) is 0. The van der Waals surface area contributed by atoms with Gasteiger partial charge in [0.2, 0.25) is 0 Å². The van der Waals surface area contributed by atoms with Gasteiger partial charge in [-0.1, -0.05) is 69.8 Å². The Morgan fingerprint density at radius 3 is 2.06 bits per heavy atom. The lowest BCUT2D eigenvalue weighted by atomic mass is 9.95. The molecule has 1 aromatic rings. The Bertz CT molecular complexity index is 361. The van der Waals surface area contributed by atoms with Crippen molar-refractivity contribution in [1.29, 1.82) is 5.26 Å². The van der Waals surface area contributed by atoms with Crippen LogP contribution < -0.4 is 0 Å². The molecule has 0 atom stereocenters. The Hall–Kier alpha value is -1.81. The smallest absolute Gasteiger partial charge is 0.0905 e. The standard InChI is InChI=1S/C12H16.C3H3N/c1-12(2,3)10-9-11-7-5-4-6-8-11;1-2-3-4/h4-10H,1-3H3;2H,1H2. The van der Waals surface area contributed by atoms with Gasteiger partial charge in [0, 0.05) is 6.08 Å². The Morgan fingerprint density at radius 1 is 1.19 bits per heavy atom. The van der Waals surface area contributed by atoms with E-state index in [0.29, 0.717) is 0 Å². The molecule has 0 aromatic heterocycles. The highest BCUT2D eigenvalue weighted by Gasteiger charge is 2.02. The van der Waals surface area contributed by atoms with Gasteiger partial charge in [-0.25, -0.2) is 0 Å². The molecule has 0 radical (unpaired) electrons. The molecule has 84 valence electrons. The summed E-state index contributed by atoms with van der Waals surface area (Å²) in [5.41, 5.74) is 1.54. The largest absolute Gasteiger partial charge is 0.193 e. The van der Waals surface area contributed by atoms with E-state index in [0.717, 1.165) is 0 Å². The van der Waals surface area contributed by atoms with E-state index in [2.05, 4.69) is 63.8 Å². The maximum Gasteiger partial charge on any atom is 0.0905 e. The molecule has 0 aliphatic carbocycles. The molecule has 0 bridgehead atoms. The monoisotopic (exact) mass is 213 g/mol. The second kappa shape index (κ2) is 7.48. The third kappa shape index (κ3) is 8.77. The van der Waals surface area contributed by atoms with Gasteiger partial charge in [0.25, 0.3) is 0 Å². The highest BCUT2D eigenvalue weighted by atomic mass is 14.2. The summed E-state index contributed by atoms with van der Waals surface area (Å²) in [5.74, 6) is 0. The van der Waals surface area contributed by atoms with Gasteiger partial charge in [0.1, 0.15) is 0 Å². The Labute approximate surface area is 98.7 Å². The molecule has 0 amide bonds. The maximum absolute atomic E-state index is 7.51. The molecule has 0 unspecified atom stereocenters. The van der Waals surface area contributed by atoms with Gasteiger partial charge in [-0.2, -0.15) is 5.26 Å². The lowest BCUT2D eigenvalue weighted by molar-refractivity contribution is 0.547. The number of hydrogen-bond acceptors (Lipinski definition) is 1. The predicted molar refractivity (Wildman–Crippen MR) is 70.7 cm³/mol. The SMILES string of the molecule is C=CC#N.CC(C)(C)C=Cc1ccccc1. The number of nitrogens with zero attached hydrogens (tertiary/aromatic N) is 1. The van der Waals surface area contributed by atoms with E-state index in [9.17, 15) is 0 Å². The quantitative estimate of drug-likeness (QED) is 0.632. The summed E-state index contributed by atoms with van der Waals surface area (Å²) in [5, 5.41) is 7.51. The van der Waals surface area contributed by atoms with Gasteiger partial charge >= 0.3 is 0 Å². The number of rotatable bonds is 1. The van der Waals surface area contributed by atoms with Crippen LogP contribution >= 0.6 is 0 Å². The van der Waals surface area contributed by atoms with Gasteiger partial charge in [0.15, 0.2) is 0 Å². The van der Waals surface area contributed by atoms with Crippen molar-refractivity contribution in [3.63, 3.8) is 0 Å². The van der Waals surface area contributed by atoms with Crippen LogP contribution in [0.2, 0.25) is 0 Å². The zero-order valence-electron chi connectivity index (χ0n) is 10.3. The molecule has 1 rings (SSSR count). The highest BCUT2D eigenvalue weighted by molar-refractivity contribution is 5.49. The van der Waals surface area contributed by atoms with E-state index in [1.165, 1.54) is 11.6 Å². The summed E-state index contributed by atoms with van der Waals surface area (Å²) in [4.78, 5) is 0. The van der Waals surface area contributed by atoms with Crippen LogP contribution in [-0.2, 0) is 0 Å². The molecule has 0 saturated heterocycles. The third-order valence-electron chi connectivity index (χ3n) is 1.67. The van der Waals surface area contributed by atoms with Gasteiger partial charge in [-0.05, 0) is 11.0 Å². The molecule has 1 heteroatoms. The van der Waals surface area contributed by atoms with Crippen molar-refractivity contribution in [2.24, 2.45) is 5.41 Å². The van der Waals surface area contributed by atoms with Crippen LogP contribution in [0.15, 0.2) is 49.1 Å². The van der Waals surface area contributed by atoms with Crippen molar-refractivity contribution in [3.05, 3.63) is 54.6 Å². The van der Waals surface area contributed by atoms with Crippen LogP contribution in [0.3, 0.4) is 0 Å². The first-order chi connectivity index (χ1) is 7.49. The fourth-order valence-corrected chi connectivity index (χ4v) is 0.910. The first kappa shape index (κ1) is 14.2. The van der Waals surface area contributed by atoms with Crippen molar-refractivity contribution in [2.45, 2.75) is 20.8 Å². The summed E-state index contributed by atoms with van der Waals surface area (Å²) >= 11 is 0. The molecule has 0 spiro atoms. The topological polar surface area (TPSA) is 23.8 Å². The zero-order valence-corrected chi connectivity index (χ0v) is 10.3. The zero-order chi connectivity index (χ0) is 12.4. The van der Waals surface area contributed by atoms with Crippen molar-refractivity contribution in [2.75, 3.05) is 0 Å². The van der Waals surface area contributed by atoms with Crippen molar-refractivity contribution >= 4 is 6.08 Å². The number of nitriles is 1. The Kier molecular flexibility index (Phi) is 6.63. The van der Waals surface area contributed by atoms with E-state index >= 15 is 0 Å². The van der Waals surface area contributed by atoms with E-state index in [-0.39, 0.29) is 5.41 Å². The fourth-order valence-electron chi connectivity index (χ4n) is 0.910. The lowest BCUT2D eigenvalue weighted by Crippen LogP contribution is -1.97. The minimum absolute atomic E-state index is 0.274. The second-order valence-corrected chi connectivity index (χ2v) is 4.44. The van der Waals surface area contributed by atoms with Crippen molar-refractivity contribution in [1.82, 2.24) is 0 Å². The average molecular weight is 213 g/mol. The van der Waals surface area contributed by atoms with E-state index < -0.39 is 0 Å². The third-order valence-corrected chi connectivity index (χ3v) is 1.67. The lowest BCUT2D eigenvalue weighted by Gasteiger charge is -2.10. The minimum atomic E-state index is 0.274. The molecule has 1 aromatic carbocycles. The second-order valence-electron chi connectivity index (χ2n) is 4.44. The molecule has 0 aliphatic heterocycles. The first-order valence-electron chi connectivity index (χ1n) is 5.24. The van der Waals surface area contributed by atoms with Gasteiger partial charge < -0.3 is 0 Å². The Balaban J connectivity index is 0.000000487. The summed E-state index contributed by atoms with van der Waals surface area (Å²) in [6.07, 6.45) is 5.57. The van der Waals surface area contributed by atoms with Crippen LogP contribution in [-0.4, -0.2) is 0 Å². The van der Waals surface area contributed by atoms with Gasteiger partial charge in [-0.15, -0.1) is 0 Å². The van der Waals surface area contributed by atoms with Crippen LogP contribution in [0.4, 0.5) is 0 Å². The van der Waals surface area contributed by atoms with Crippen LogP contribution in [0.25, 0.3) is 6.08 Å². The molecule has 16 heavy (non-hydrogen) atoms. The molecule has 0 saturated carbocycles. The molecule has 0 N–H and O–H groups in total. The molecule has 0 aliphatic rings. The summed E-state index contributed by atoms with van der Waals surface area (Å²) < 4.78 is 0. The maximum atomic E-state index is 7.51. The minimum Gasteiger partial charge on any atom is -0.193 e. The summed E-state index contributed by atoms with van der Waals surface area (Å²) in [6.45, 7) is 9.72. The van der Waals surface area contributed by atoms with Crippen molar-refractivity contribution < 1.29 is 0 Å². The van der Waals surface area contributed by atoms with Gasteiger partial charge in [0.05, 0.1) is 6.07 Å². The normalized spacial score (nSPS) is 10.1. The molecule has 1 nitrogen and oxygen atoms in total. The molecular weight excluding hydrogens is 194 g/mol. The molecular formula is C15H19N. The fraction of sp³-hybridized carbons (Fsp3) is 0.267. The average Bonchev–Trinajstić information content (AvgIpc) is 2.27. The van der Waals surface area contributed by atoms with Crippen LogP contribution in [0.1, 0.15) is 26.3 Å². The number of hydrogen-bond donors (Lipinski definition) is 0. The van der Waals surface area contributed by atoms with E-state index in [4.69, 9.17) is 5.26 Å². The highest BCUT2D eigenvalue weighted by Crippen LogP contribution is 2.16. The first-order valence-corrected chi connectivity index (χ1v) is 5.24. The van der Waals surface area contributed by atoms with Gasteiger partial charge in [-0.3, -0.25) is 0 Å². The van der Waals surface area contributed by atoms with Crippen molar-refractivity contribution in [3.8, 4) is 6.07 Å². The number of benzene rings is 1. The summed E-state index contributed by atoms with van der Waals surface area (Å²) in [6, 6.07) is 12.1. The number of allylic oxidation sites excluding steroid dienone is 2. The van der Waals surface area contributed by atoms with E-state index in [1.807, 2.05) is 6.07 Å². The molecule has 0 heterocycles. The van der Waals surface area contributed by atoms with Crippen LogP contribution in [0.5, 0.6) is 0 Å². The Morgan fingerprint density at radius 2 is 1.69 bits per heavy atom. The predicted octanol–water partition coefficient (Wildman–Crippen LogP) is 4.44. The molecule has 0 fully saturated rings. The van der Waals surface area contributed by atoms with E-state index in [1.54, 1.807) is 6.07 Å².